The van der Waals surface area contributed by atoms with Crippen LogP contribution in [0.5, 0.6) is 0 Å². The summed E-state index contributed by atoms with van der Waals surface area (Å²) in [6, 6.07) is 15.4. The SMILES string of the molecule is O=S(=O)(Cc1noc2ccccc12)N1CCN(c2nsc3ccccc23)CC1. The van der Waals surface area contributed by atoms with Gasteiger partial charge < -0.3 is 9.42 Å². The van der Waals surface area contributed by atoms with E-state index in [2.05, 4.69) is 26.6 Å². The predicted octanol–water partition coefficient (Wildman–Crippen LogP) is 3.09. The highest BCUT2D eigenvalue weighted by Crippen LogP contribution is 2.30. The van der Waals surface area contributed by atoms with E-state index < -0.39 is 10.0 Å². The van der Waals surface area contributed by atoms with Crippen LogP contribution in [0.2, 0.25) is 0 Å². The average molecular weight is 415 g/mol. The Morgan fingerprint density at radius 1 is 0.964 bits per heavy atom. The molecule has 1 aliphatic rings. The molecule has 4 aromatic rings. The number of para-hydroxylation sites is 1. The van der Waals surface area contributed by atoms with E-state index in [1.54, 1.807) is 10.4 Å². The molecule has 0 aliphatic carbocycles. The van der Waals surface area contributed by atoms with Gasteiger partial charge in [-0.25, -0.2) is 8.42 Å². The Hall–Kier alpha value is -2.49. The molecule has 3 heterocycles. The fourth-order valence-corrected chi connectivity index (χ4v) is 5.84. The fraction of sp³-hybridized carbons (Fsp3) is 0.263. The highest BCUT2D eigenvalue weighted by atomic mass is 32.2. The Labute approximate surface area is 166 Å². The lowest BCUT2D eigenvalue weighted by Gasteiger charge is -2.34. The molecular weight excluding hydrogens is 396 g/mol. The van der Waals surface area contributed by atoms with E-state index in [9.17, 15) is 8.42 Å². The zero-order chi connectivity index (χ0) is 19.1. The molecule has 0 radical (unpaired) electrons. The number of nitrogens with zero attached hydrogens (tertiary/aromatic N) is 4. The Morgan fingerprint density at radius 2 is 1.68 bits per heavy atom. The van der Waals surface area contributed by atoms with Gasteiger partial charge in [-0.2, -0.15) is 8.68 Å². The molecule has 1 fully saturated rings. The molecule has 0 unspecified atom stereocenters. The van der Waals surface area contributed by atoms with Crippen molar-refractivity contribution in [1.29, 1.82) is 0 Å². The van der Waals surface area contributed by atoms with Crippen LogP contribution >= 0.6 is 11.5 Å². The molecule has 0 bridgehead atoms. The number of sulfonamides is 1. The molecule has 28 heavy (non-hydrogen) atoms. The number of fused-ring (bicyclic) bond motifs is 2. The van der Waals surface area contributed by atoms with Gasteiger partial charge in [0.25, 0.3) is 0 Å². The van der Waals surface area contributed by atoms with Gasteiger partial charge in [0.05, 0.1) is 4.70 Å². The van der Waals surface area contributed by atoms with Gasteiger partial charge in [-0.1, -0.05) is 29.4 Å². The second-order valence-corrected chi connectivity index (χ2v) is 9.54. The van der Waals surface area contributed by atoms with Crippen LogP contribution < -0.4 is 4.90 Å². The van der Waals surface area contributed by atoms with Crippen molar-refractivity contribution < 1.29 is 12.9 Å². The minimum atomic E-state index is -3.47. The molecule has 0 N–H and O–H groups in total. The highest BCUT2D eigenvalue weighted by Gasteiger charge is 2.30. The summed E-state index contributed by atoms with van der Waals surface area (Å²) in [6.07, 6.45) is 0. The molecule has 0 atom stereocenters. The summed E-state index contributed by atoms with van der Waals surface area (Å²) < 4.78 is 38.3. The summed E-state index contributed by atoms with van der Waals surface area (Å²) in [5.74, 6) is 0.795. The molecule has 1 saturated heterocycles. The number of aromatic nitrogens is 2. The minimum absolute atomic E-state index is 0.149. The second-order valence-electron chi connectivity index (χ2n) is 6.77. The molecule has 9 heteroatoms. The van der Waals surface area contributed by atoms with Gasteiger partial charge in [0.2, 0.25) is 10.0 Å². The number of benzene rings is 2. The summed E-state index contributed by atoms with van der Waals surface area (Å²) >= 11 is 1.48. The Morgan fingerprint density at radius 3 is 2.50 bits per heavy atom. The van der Waals surface area contributed by atoms with Crippen LogP contribution in [0, 0.1) is 0 Å². The zero-order valence-corrected chi connectivity index (χ0v) is 16.6. The van der Waals surface area contributed by atoms with Crippen LogP contribution in [0.15, 0.2) is 53.1 Å². The quantitative estimate of drug-likeness (QED) is 0.511. The van der Waals surface area contributed by atoms with Crippen LogP contribution in [0.3, 0.4) is 0 Å². The minimum Gasteiger partial charge on any atom is -0.356 e. The third-order valence-corrected chi connectivity index (χ3v) is 7.67. The highest BCUT2D eigenvalue weighted by molar-refractivity contribution is 7.88. The lowest BCUT2D eigenvalue weighted by molar-refractivity contribution is 0.382. The third kappa shape index (κ3) is 3.05. The van der Waals surface area contributed by atoms with Crippen molar-refractivity contribution in [3.8, 4) is 0 Å². The lowest BCUT2D eigenvalue weighted by atomic mass is 10.2. The maximum absolute atomic E-state index is 12.9. The molecule has 0 saturated carbocycles. The number of piperazine rings is 1. The van der Waals surface area contributed by atoms with Crippen molar-refractivity contribution in [2.45, 2.75) is 5.75 Å². The van der Waals surface area contributed by atoms with Crippen LogP contribution in [0.1, 0.15) is 5.69 Å². The van der Waals surface area contributed by atoms with E-state index in [1.165, 1.54) is 11.5 Å². The van der Waals surface area contributed by atoms with Gasteiger partial charge in [-0.3, -0.25) is 0 Å². The number of rotatable bonds is 4. The molecular formula is C19H18N4O3S2. The molecule has 7 nitrogen and oxygen atoms in total. The molecule has 5 rings (SSSR count). The first kappa shape index (κ1) is 17.6. The Balaban J connectivity index is 1.32. The molecule has 1 aliphatic heterocycles. The van der Waals surface area contributed by atoms with Crippen molar-refractivity contribution in [3.05, 3.63) is 54.2 Å². The van der Waals surface area contributed by atoms with E-state index in [1.807, 2.05) is 30.3 Å². The standard InChI is InChI=1S/C19H18N4O3S2/c24-28(25,13-16-14-5-1-3-7-17(14)26-20-16)23-11-9-22(10-12-23)19-15-6-2-4-8-18(15)27-21-19/h1-8H,9-13H2. The van der Waals surface area contributed by atoms with Gasteiger partial charge in [0, 0.05) is 37.0 Å². The largest absolute Gasteiger partial charge is 0.356 e. The van der Waals surface area contributed by atoms with E-state index in [0.29, 0.717) is 37.5 Å². The number of hydrogen-bond donors (Lipinski definition) is 0. The van der Waals surface area contributed by atoms with Crippen molar-refractivity contribution >= 4 is 48.4 Å². The topological polar surface area (TPSA) is 79.5 Å². The molecule has 0 spiro atoms. The Kier molecular flexibility index (Phi) is 4.30. The van der Waals surface area contributed by atoms with Crippen molar-refractivity contribution in [3.63, 3.8) is 0 Å². The zero-order valence-electron chi connectivity index (χ0n) is 15.0. The smallest absolute Gasteiger partial charge is 0.220 e. The van der Waals surface area contributed by atoms with Crippen LogP contribution in [-0.2, 0) is 15.8 Å². The van der Waals surface area contributed by atoms with E-state index in [0.717, 1.165) is 21.3 Å². The summed E-state index contributed by atoms with van der Waals surface area (Å²) in [5.41, 5.74) is 1.07. The van der Waals surface area contributed by atoms with Crippen molar-refractivity contribution in [2.75, 3.05) is 31.1 Å². The first-order chi connectivity index (χ1) is 13.6. The van der Waals surface area contributed by atoms with Gasteiger partial charge in [0.1, 0.15) is 17.3 Å². The second kappa shape index (κ2) is 6.84. The van der Waals surface area contributed by atoms with Crippen LogP contribution in [-0.4, -0.2) is 48.4 Å². The predicted molar refractivity (Wildman–Crippen MR) is 110 cm³/mol. The van der Waals surface area contributed by atoms with Crippen molar-refractivity contribution in [2.24, 2.45) is 0 Å². The van der Waals surface area contributed by atoms with Gasteiger partial charge in [0.15, 0.2) is 5.58 Å². The number of hydrogen-bond acceptors (Lipinski definition) is 7. The lowest BCUT2D eigenvalue weighted by Crippen LogP contribution is -2.49. The van der Waals surface area contributed by atoms with Crippen LogP contribution in [0.4, 0.5) is 5.82 Å². The first-order valence-electron chi connectivity index (χ1n) is 9.02. The summed E-state index contributed by atoms with van der Waals surface area (Å²) in [7, 11) is -3.47. The van der Waals surface area contributed by atoms with Crippen LogP contribution in [0.25, 0.3) is 21.1 Å². The maximum Gasteiger partial charge on any atom is 0.220 e. The Bertz CT molecular complexity index is 1240. The summed E-state index contributed by atoms with van der Waals surface area (Å²) in [4.78, 5) is 2.16. The first-order valence-corrected chi connectivity index (χ1v) is 11.4. The average Bonchev–Trinajstić information content (AvgIpc) is 3.32. The summed E-state index contributed by atoms with van der Waals surface area (Å²) in [6.45, 7) is 2.10. The third-order valence-electron chi connectivity index (χ3n) is 5.06. The number of anilines is 1. The van der Waals surface area contributed by atoms with Gasteiger partial charge in [-0.15, -0.1) is 0 Å². The van der Waals surface area contributed by atoms with Gasteiger partial charge in [-0.05, 0) is 35.8 Å². The fourth-order valence-electron chi connectivity index (χ4n) is 3.58. The van der Waals surface area contributed by atoms with Crippen molar-refractivity contribution in [1.82, 2.24) is 13.8 Å². The normalized spacial score (nSPS) is 16.2. The molecule has 2 aromatic carbocycles. The maximum atomic E-state index is 12.9. The van der Waals surface area contributed by atoms with E-state index >= 15 is 0 Å². The van der Waals surface area contributed by atoms with Gasteiger partial charge >= 0.3 is 0 Å². The van der Waals surface area contributed by atoms with E-state index in [-0.39, 0.29) is 5.75 Å². The molecule has 2 aromatic heterocycles. The summed E-state index contributed by atoms with van der Waals surface area (Å²) in [5, 5.41) is 5.84. The van der Waals surface area contributed by atoms with E-state index in [4.69, 9.17) is 4.52 Å². The molecule has 144 valence electrons. The monoisotopic (exact) mass is 414 g/mol. The molecule has 0 amide bonds.